The Morgan fingerprint density at radius 1 is 1.14 bits per heavy atom. The first-order valence-electron chi connectivity index (χ1n) is 7.22. The number of hydrogen-bond acceptors (Lipinski definition) is 4. The number of benzene rings is 1. The minimum absolute atomic E-state index is 0.138. The molecule has 0 aliphatic heterocycles. The number of anilines is 1. The van der Waals surface area contributed by atoms with E-state index in [9.17, 15) is 4.79 Å². The van der Waals surface area contributed by atoms with Crippen LogP contribution in [0, 0.1) is 0 Å². The molecule has 1 aliphatic carbocycles. The minimum atomic E-state index is -0.138. The maximum Gasteiger partial charge on any atom is 0.271 e. The average Bonchev–Trinajstić information content (AvgIpc) is 3.33. The number of carbonyl (C=O) groups excluding carboxylic acids is 1. The van der Waals surface area contributed by atoms with Gasteiger partial charge in [0.15, 0.2) is 0 Å². The second-order valence-corrected chi connectivity index (χ2v) is 5.20. The smallest absolute Gasteiger partial charge is 0.271 e. The molecular weight excluding hydrogens is 264 g/mol. The van der Waals surface area contributed by atoms with E-state index in [1.54, 1.807) is 6.20 Å². The van der Waals surface area contributed by atoms with Crippen molar-refractivity contribution in [3.05, 3.63) is 54.0 Å². The molecule has 1 aromatic heterocycles. The number of nitrogens with zero attached hydrogens (tertiary/aromatic N) is 2. The third-order valence-electron chi connectivity index (χ3n) is 3.36. The molecule has 2 N–H and O–H groups in total. The maximum atomic E-state index is 11.8. The quantitative estimate of drug-likeness (QED) is 0.850. The zero-order valence-corrected chi connectivity index (χ0v) is 11.7. The lowest BCUT2D eigenvalue weighted by atomic mass is 10.1. The van der Waals surface area contributed by atoms with Crippen LogP contribution in [0.3, 0.4) is 0 Å². The highest BCUT2D eigenvalue weighted by Crippen LogP contribution is 2.19. The summed E-state index contributed by atoms with van der Waals surface area (Å²) in [6.45, 7) is 0.784. The van der Waals surface area contributed by atoms with Crippen molar-refractivity contribution >= 4 is 11.7 Å². The number of nitrogens with one attached hydrogen (secondary N) is 2. The van der Waals surface area contributed by atoms with Gasteiger partial charge in [0.2, 0.25) is 0 Å². The van der Waals surface area contributed by atoms with Crippen LogP contribution in [0.2, 0.25) is 0 Å². The van der Waals surface area contributed by atoms with Crippen LogP contribution >= 0.6 is 0 Å². The van der Waals surface area contributed by atoms with Crippen molar-refractivity contribution in [1.82, 2.24) is 15.3 Å². The van der Waals surface area contributed by atoms with Crippen LogP contribution < -0.4 is 10.6 Å². The summed E-state index contributed by atoms with van der Waals surface area (Å²) in [6, 6.07) is 10.6. The summed E-state index contributed by atoms with van der Waals surface area (Å²) in [6.07, 6.45) is 6.18. The van der Waals surface area contributed by atoms with Crippen molar-refractivity contribution in [3.63, 3.8) is 0 Å². The van der Waals surface area contributed by atoms with Gasteiger partial charge in [-0.05, 0) is 24.8 Å². The van der Waals surface area contributed by atoms with Crippen LogP contribution in [0.25, 0.3) is 0 Å². The third-order valence-corrected chi connectivity index (χ3v) is 3.36. The molecule has 2 aromatic rings. The molecule has 3 rings (SSSR count). The molecule has 1 fully saturated rings. The Hall–Kier alpha value is -2.43. The van der Waals surface area contributed by atoms with Crippen LogP contribution in [0.5, 0.6) is 0 Å². The Morgan fingerprint density at radius 2 is 1.95 bits per heavy atom. The molecule has 1 amide bonds. The normalized spacial score (nSPS) is 13.7. The second-order valence-electron chi connectivity index (χ2n) is 5.20. The summed E-state index contributed by atoms with van der Waals surface area (Å²) in [7, 11) is 0. The van der Waals surface area contributed by atoms with Gasteiger partial charge in [-0.3, -0.25) is 4.79 Å². The molecule has 0 bridgehead atoms. The van der Waals surface area contributed by atoms with Gasteiger partial charge in [-0.2, -0.15) is 0 Å². The van der Waals surface area contributed by atoms with Gasteiger partial charge in [0, 0.05) is 12.6 Å². The van der Waals surface area contributed by atoms with E-state index < -0.39 is 0 Å². The molecule has 0 unspecified atom stereocenters. The molecule has 1 heterocycles. The Bertz CT molecular complexity index is 593. The number of amides is 1. The van der Waals surface area contributed by atoms with Gasteiger partial charge < -0.3 is 10.6 Å². The van der Waals surface area contributed by atoms with Crippen LogP contribution in [0.1, 0.15) is 28.9 Å². The summed E-state index contributed by atoms with van der Waals surface area (Å²) in [5.74, 6) is 0.551. The van der Waals surface area contributed by atoms with Crippen LogP contribution in [-0.2, 0) is 6.42 Å². The van der Waals surface area contributed by atoms with Gasteiger partial charge in [-0.15, -0.1) is 0 Å². The monoisotopic (exact) mass is 282 g/mol. The zero-order valence-electron chi connectivity index (χ0n) is 11.7. The highest BCUT2D eigenvalue weighted by Gasteiger charge is 2.24. The Kier molecular flexibility index (Phi) is 4.09. The average molecular weight is 282 g/mol. The summed E-state index contributed by atoms with van der Waals surface area (Å²) in [5.41, 5.74) is 1.65. The SMILES string of the molecule is O=C(NC1CC1)c1cnc(NCCc2ccccc2)cn1. The van der Waals surface area contributed by atoms with Crippen LogP contribution in [-0.4, -0.2) is 28.5 Å². The highest BCUT2D eigenvalue weighted by atomic mass is 16.2. The second kappa shape index (κ2) is 6.35. The first-order valence-corrected chi connectivity index (χ1v) is 7.22. The van der Waals surface area contributed by atoms with E-state index in [1.807, 2.05) is 18.2 Å². The first kappa shape index (κ1) is 13.5. The summed E-state index contributed by atoms with van der Waals surface area (Å²) in [5, 5.41) is 6.10. The van der Waals surface area contributed by atoms with Crippen molar-refractivity contribution in [2.45, 2.75) is 25.3 Å². The number of rotatable bonds is 6. The van der Waals surface area contributed by atoms with Gasteiger partial charge in [0.1, 0.15) is 11.5 Å². The molecule has 5 nitrogen and oxygen atoms in total. The minimum Gasteiger partial charge on any atom is -0.368 e. The fraction of sp³-hybridized carbons (Fsp3) is 0.312. The maximum absolute atomic E-state index is 11.8. The van der Waals surface area contributed by atoms with E-state index >= 15 is 0 Å². The molecule has 0 radical (unpaired) electrons. The van der Waals surface area contributed by atoms with Crippen molar-refractivity contribution in [1.29, 1.82) is 0 Å². The van der Waals surface area contributed by atoms with E-state index in [-0.39, 0.29) is 5.91 Å². The molecule has 1 aliphatic rings. The van der Waals surface area contributed by atoms with Crippen molar-refractivity contribution in [2.24, 2.45) is 0 Å². The lowest BCUT2D eigenvalue weighted by Gasteiger charge is -2.06. The van der Waals surface area contributed by atoms with Gasteiger partial charge >= 0.3 is 0 Å². The van der Waals surface area contributed by atoms with Crippen molar-refractivity contribution in [3.8, 4) is 0 Å². The molecular formula is C16H18N4O. The summed E-state index contributed by atoms with van der Waals surface area (Å²) in [4.78, 5) is 20.1. The molecule has 1 aromatic carbocycles. The predicted molar refractivity (Wildman–Crippen MR) is 81.2 cm³/mol. The Labute approximate surface area is 123 Å². The Morgan fingerprint density at radius 3 is 2.62 bits per heavy atom. The van der Waals surface area contributed by atoms with Gasteiger partial charge in [-0.1, -0.05) is 30.3 Å². The topological polar surface area (TPSA) is 66.9 Å². The largest absolute Gasteiger partial charge is 0.368 e. The molecule has 108 valence electrons. The Balaban J connectivity index is 1.48. The lowest BCUT2D eigenvalue weighted by Crippen LogP contribution is -2.26. The fourth-order valence-corrected chi connectivity index (χ4v) is 2.00. The summed E-state index contributed by atoms with van der Waals surface area (Å²) < 4.78 is 0. The van der Waals surface area contributed by atoms with E-state index in [2.05, 4.69) is 32.7 Å². The molecule has 0 spiro atoms. The zero-order chi connectivity index (χ0) is 14.5. The van der Waals surface area contributed by atoms with Crippen molar-refractivity contribution in [2.75, 3.05) is 11.9 Å². The van der Waals surface area contributed by atoms with Gasteiger partial charge in [0.05, 0.1) is 12.4 Å². The van der Waals surface area contributed by atoms with Crippen LogP contribution in [0.4, 0.5) is 5.82 Å². The van der Waals surface area contributed by atoms with Crippen molar-refractivity contribution < 1.29 is 4.79 Å². The first-order chi connectivity index (χ1) is 10.3. The van der Waals surface area contributed by atoms with E-state index in [0.29, 0.717) is 17.6 Å². The highest BCUT2D eigenvalue weighted by molar-refractivity contribution is 5.92. The lowest BCUT2D eigenvalue weighted by molar-refractivity contribution is 0.0945. The molecule has 21 heavy (non-hydrogen) atoms. The molecule has 0 atom stereocenters. The fourth-order valence-electron chi connectivity index (χ4n) is 2.00. The molecule has 0 saturated heterocycles. The van der Waals surface area contributed by atoms with Crippen LogP contribution in [0.15, 0.2) is 42.7 Å². The number of hydrogen-bond donors (Lipinski definition) is 2. The molecule has 1 saturated carbocycles. The summed E-state index contributed by atoms with van der Waals surface area (Å²) >= 11 is 0. The van der Waals surface area contributed by atoms with E-state index in [4.69, 9.17) is 0 Å². The van der Waals surface area contributed by atoms with Gasteiger partial charge in [-0.25, -0.2) is 9.97 Å². The number of aromatic nitrogens is 2. The standard InChI is InChI=1S/C16H18N4O/c21-16(20-13-6-7-13)14-10-19-15(11-18-14)17-9-8-12-4-2-1-3-5-12/h1-5,10-11,13H,6-9H2,(H,17,19)(H,20,21). The van der Waals surface area contributed by atoms with E-state index in [1.165, 1.54) is 11.8 Å². The predicted octanol–water partition coefficient (Wildman–Crippen LogP) is 2.02. The molecule has 5 heteroatoms. The third kappa shape index (κ3) is 4.02. The van der Waals surface area contributed by atoms with Gasteiger partial charge in [0.25, 0.3) is 5.91 Å². The number of carbonyl (C=O) groups is 1. The van der Waals surface area contributed by atoms with E-state index in [0.717, 1.165) is 25.8 Å².